The van der Waals surface area contributed by atoms with E-state index >= 15 is 0 Å². The highest BCUT2D eigenvalue weighted by molar-refractivity contribution is 6.18. The summed E-state index contributed by atoms with van der Waals surface area (Å²) in [5.74, 6) is 1.75. The number of hydrogen-bond acceptors (Lipinski definition) is 4. The maximum Gasteiger partial charge on any atom is 0.167 e. The standard InChI is InChI=1S/C57H36N4O/c1-4-15-37(16-5-1)39-29-31-40(32-30-39)43-22-13-24-45(34-43)61-51-28-11-10-25-46(51)49-36-53-50(35-52(49)61)47-26-14-27-48(54(47)62-53)57-59-55(41-19-8-3-9-20-41)58-56(60-57)44-23-12-21-42(33-44)38-17-6-2-7-18-38/h1-36H. The number of fused-ring (bicyclic) bond motifs is 6. The lowest BCUT2D eigenvalue weighted by Gasteiger charge is -2.11. The van der Waals surface area contributed by atoms with Gasteiger partial charge in [0.05, 0.1) is 16.6 Å². The number of aromatic nitrogens is 4. The average molecular weight is 793 g/mol. The molecule has 12 aromatic rings. The lowest BCUT2D eigenvalue weighted by molar-refractivity contribution is 0.670. The fourth-order valence-corrected chi connectivity index (χ4v) is 8.83. The van der Waals surface area contributed by atoms with Gasteiger partial charge in [-0.3, -0.25) is 0 Å². The van der Waals surface area contributed by atoms with E-state index in [0.29, 0.717) is 17.5 Å². The summed E-state index contributed by atoms with van der Waals surface area (Å²) in [5.41, 5.74) is 14.5. The van der Waals surface area contributed by atoms with E-state index in [1.807, 2.05) is 42.5 Å². The number of furan rings is 1. The van der Waals surface area contributed by atoms with Crippen molar-refractivity contribution in [3.8, 4) is 73.2 Å². The van der Waals surface area contributed by atoms with Crippen molar-refractivity contribution < 1.29 is 4.42 Å². The quantitative estimate of drug-likeness (QED) is 0.161. The smallest absolute Gasteiger partial charge is 0.167 e. The van der Waals surface area contributed by atoms with Crippen LogP contribution in [0.2, 0.25) is 0 Å². The van der Waals surface area contributed by atoms with Gasteiger partial charge in [0.25, 0.3) is 0 Å². The lowest BCUT2D eigenvalue weighted by atomic mass is 10.00. The molecule has 0 aliphatic rings. The first-order chi connectivity index (χ1) is 30.7. The van der Waals surface area contributed by atoms with Crippen molar-refractivity contribution in [3.63, 3.8) is 0 Å². The predicted molar refractivity (Wildman–Crippen MR) is 254 cm³/mol. The van der Waals surface area contributed by atoms with E-state index in [4.69, 9.17) is 19.4 Å². The van der Waals surface area contributed by atoms with Crippen molar-refractivity contribution in [1.82, 2.24) is 19.5 Å². The molecule has 0 saturated carbocycles. The zero-order valence-corrected chi connectivity index (χ0v) is 33.5. The Bertz CT molecular complexity index is 3610. The fourth-order valence-electron chi connectivity index (χ4n) is 8.83. The average Bonchev–Trinajstić information content (AvgIpc) is 3.89. The zero-order valence-electron chi connectivity index (χ0n) is 33.5. The summed E-state index contributed by atoms with van der Waals surface area (Å²) in [6.07, 6.45) is 0. The summed E-state index contributed by atoms with van der Waals surface area (Å²) < 4.78 is 9.26. The number of rotatable bonds is 7. The van der Waals surface area contributed by atoms with Crippen molar-refractivity contribution in [2.75, 3.05) is 0 Å². The number of hydrogen-bond donors (Lipinski definition) is 0. The zero-order chi connectivity index (χ0) is 41.0. The maximum absolute atomic E-state index is 6.89. The summed E-state index contributed by atoms with van der Waals surface area (Å²) in [5, 5.41) is 4.31. The van der Waals surface area contributed by atoms with Crippen LogP contribution < -0.4 is 0 Å². The van der Waals surface area contributed by atoms with Crippen LogP contribution >= 0.6 is 0 Å². The molecule has 0 atom stereocenters. The molecule has 12 rings (SSSR count). The molecule has 0 aliphatic heterocycles. The van der Waals surface area contributed by atoms with Gasteiger partial charge in [0, 0.05) is 38.4 Å². The second-order valence-electron chi connectivity index (χ2n) is 15.6. The largest absolute Gasteiger partial charge is 0.455 e. The normalized spacial score (nSPS) is 11.5. The van der Waals surface area contributed by atoms with E-state index in [0.717, 1.165) is 82.8 Å². The molecule has 0 radical (unpaired) electrons. The Labute approximate surface area is 357 Å². The van der Waals surface area contributed by atoms with Crippen LogP contribution in [0.25, 0.3) is 117 Å². The molecule has 5 heteroatoms. The van der Waals surface area contributed by atoms with Gasteiger partial charge >= 0.3 is 0 Å². The summed E-state index contributed by atoms with van der Waals surface area (Å²) in [6, 6.07) is 76.4. The van der Waals surface area contributed by atoms with Gasteiger partial charge in [-0.2, -0.15) is 0 Å². The molecule has 0 spiro atoms. The molecule has 290 valence electrons. The monoisotopic (exact) mass is 792 g/mol. The number of nitrogens with zero attached hydrogens (tertiary/aromatic N) is 4. The highest BCUT2D eigenvalue weighted by Gasteiger charge is 2.21. The molecule has 3 heterocycles. The molecule has 5 nitrogen and oxygen atoms in total. The van der Waals surface area contributed by atoms with Crippen molar-refractivity contribution in [1.29, 1.82) is 0 Å². The lowest BCUT2D eigenvalue weighted by Crippen LogP contribution is -2.00. The third-order valence-electron chi connectivity index (χ3n) is 11.9. The maximum atomic E-state index is 6.89. The highest BCUT2D eigenvalue weighted by atomic mass is 16.3. The van der Waals surface area contributed by atoms with Crippen LogP contribution in [0.4, 0.5) is 0 Å². The minimum absolute atomic E-state index is 0.553. The third kappa shape index (κ3) is 6.14. The first-order valence-electron chi connectivity index (χ1n) is 20.8. The van der Waals surface area contributed by atoms with E-state index < -0.39 is 0 Å². The van der Waals surface area contributed by atoms with Gasteiger partial charge in [-0.05, 0) is 75.8 Å². The minimum Gasteiger partial charge on any atom is -0.455 e. The van der Waals surface area contributed by atoms with Crippen LogP contribution in [0.3, 0.4) is 0 Å². The van der Waals surface area contributed by atoms with Crippen LogP contribution in [0.15, 0.2) is 223 Å². The molecule has 0 saturated heterocycles. The van der Waals surface area contributed by atoms with Crippen LogP contribution in [-0.4, -0.2) is 19.5 Å². The summed E-state index contributed by atoms with van der Waals surface area (Å²) in [6.45, 7) is 0. The van der Waals surface area contributed by atoms with E-state index in [-0.39, 0.29) is 0 Å². The molecule has 0 fully saturated rings. The van der Waals surface area contributed by atoms with E-state index in [1.54, 1.807) is 0 Å². The van der Waals surface area contributed by atoms with Crippen molar-refractivity contribution in [3.05, 3.63) is 218 Å². The molecule has 9 aromatic carbocycles. The Balaban J connectivity index is 1.01. The SMILES string of the molecule is c1ccc(-c2ccc(-c3cccc(-n4c5ccccc5c5cc6oc7c(-c8nc(-c9ccccc9)nc(-c9cccc(-c%10ccccc%10)c9)n8)cccc7c6cc54)c3)cc2)cc1. The van der Waals surface area contributed by atoms with Gasteiger partial charge in [-0.25, -0.2) is 15.0 Å². The summed E-state index contributed by atoms with van der Waals surface area (Å²) in [7, 11) is 0. The van der Waals surface area contributed by atoms with Crippen LogP contribution in [0.5, 0.6) is 0 Å². The third-order valence-corrected chi connectivity index (χ3v) is 11.9. The van der Waals surface area contributed by atoms with Crippen LogP contribution in [0, 0.1) is 0 Å². The Hall–Kier alpha value is -8.41. The number of para-hydroxylation sites is 2. The van der Waals surface area contributed by atoms with Gasteiger partial charge in [-0.1, -0.05) is 176 Å². The topological polar surface area (TPSA) is 56.7 Å². The summed E-state index contributed by atoms with van der Waals surface area (Å²) in [4.78, 5) is 15.3. The molecule has 0 unspecified atom stereocenters. The van der Waals surface area contributed by atoms with Crippen LogP contribution in [0.1, 0.15) is 0 Å². The van der Waals surface area contributed by atoms with Gasteiger partial charge in [0.15, 0.2) is 17.5 Å². The first-order valence-corrected chi connectivity index (χ1v) is 20.8. The second-order valence-corrected chi connectivity index (χ2v) is 15.6. The van der Waals surface area contributed by atoms with Crippen molar-refractivity contribution >= 4 is 43.7 Å². The van der Waals surface area contributed by atoms with Gasteiger partial charge in [0.1, 0.15) is 11.2 Å². The van der Waals surface area contributed by atoms with E-state index in [9.17, 15) is 0 Å². The molecule has 0 amide bonds. The first kappa shape index (κ1) is 35.5. The number of benzene rings is 9. The Morgan fingerprint density at radius 1 is 0.306 bits per heavy atom. The van der Waals surface area contributed by atoms with E-state index in [2.05, 4.69) is 180 Å². The van der Waals surface area contributed by atoms with Crippen LogP contribution in [-0.2, 0) is 0 Å². The Morgan fingerprint density at radius 3 is 1.56 bits per heavy atom. The fraction of sp³-hybridized carbons (Fsp3) is 0. The second kappa shape index (κ2) is 14.7. The van der Waals surface area contributed by atoms with Gasteiger partial charge < -0.3 is 8.98 Å². The van der Waals surface area contributed by atoms with Gasteiger partial charge in [-0.15, -0.1) is 0 Å². The van der Waals surface area contributed by atoms with E-state index in [1.165, 1.54) is 16.7 Å². The molecule has 62 heavy (non-hydrogen) atoms. The minimum atomic E-state index is 0.553. The molecular weight excluding hydrogens is 757 g/mol. The predicted octanol–water partition coefficient (Wildman–Crippen LogP) is 14.9. The Morgan fingerprint density at radius 2 is 0.823 bits per heavy atom. The molecule has 0 bridgehead atoms. The van der Waals surface area contributed by atoms with Gasteiger partial charge in [0.2, 0.25) is 0 Å². The Kier molecular flexibility index (Phi) is 8.42. The van der Waals surface area contributed by atoms with Crippen molar-refractivity contribution in [2.24, 2.45) is 0 Å². The van der Waals surface area contributed by atoms with Crippen molar-refractivity contribution in [2.45, 2.75) is 0 Å². The molecular formula is C57H36N4O. The molecule has 0 N–H and O–H groups in total. The highest BCUT2D eigenvalue weighted by Crippen LogP contribution is 2.41. The molecule has 0 aliphatic carbocycles. The molecule has 3 aromatic heterocycles. The summed E-state index contributed by atoms with van der Waals surface area (Å²) >= 11 is 0.